The number of carbonyl (C=O) groups is 4. The number of carbonyl (C=O) groups excluding carboxylic acids is 3. The molecule has 0 saturated carbocycles. The molecule has 1 saturated heterocycles. The maximum absolute atomic E-state index is 13.1. The van der Waals surface area contributed by atoms with E-state index in [2.05, 4.69) is 45.1 Å². The maximum atomic E-state index is 13.1. The summed E-state index contributed by atoms with van der Waals surface area (Å²) in [5.41, 5.74) is 0. The first-order valence-electron chi connectivity index (χ1n) is 30.3. The van der Waals surface area contributed by atoms with E-state index in [4.69, 9.17) is 23.7 Å². The van der Waals surface area contributed by atoms with Gasteiger partial charge in [-0.3, -0.25) is 14.4 Å². The molecule has 0 bridgehead atoms. The zero-order valence-electron chi connectivity index (χ0n) is 46.9. The fraction of sp³-hybridized carbons (Fsp3) is 0.869. The lowest BCUT2D eigenvalue weighted by atomic mass is 9.98. The van der Waals surface area contributed by atoms with Gasteiger partial charge in [-0.1, -0.05) is 251 Å². The summed E-state index contributed by atoms with van der Waals surface area (Å²) in [5, 5.41) is 31.5. The summed E-state index contributed by atoms with van der Waals surface area (Å²) in [7, 11) is 0. The molecule has 0 aromatic rings. The molecule has 12 heteroatoms. The number of unbranched alkanes of at least 4 members (excludes halogenated alkanes) is 34. The van der Waals surface area contributed by atoms with Gasteiger partial charge in [-0.05, 0) is 44.9 Å². The fourth-order valence-corrected chi connectivity index (χ4v) is 9.35. The smallest absolute Gasteiger partial charge is 0.335 e. The molecule has 1 aliphatic heterocycles. The molecule has 0 radical (unpaired) electrons. The quantitative estimate of drug-likeness (QED) is 0.0228. The van der Waals surface area contributed by atoms with Crippen molar-refractivity contribution in [2.45, 2.75) is 327 Å². The minimum Gasteiger partial charge on any atom is -0.479 e. The van der Waals surface area contributed by atoms with Crippen LogP contribution in [0.15, 0.2) is 24.3 Å². The van der Waals surface area contributed by atoms with Crippen LogP contribution in [0.25, 0.3) is 0 Å². The van der Waals surface area contributed by atoms with Crippen LogP contribution in [0.2, 0.25) is 0 Å². The highest BCUT2D eigenvalue weighted by Gasteiger charge is 2.50. The Morgan fingerprint density at radius 1 is 0.452 bits per heavy atom. The Morgan fingerprint density at radius 2 is 0.849 bits per heavy atom. The SMILES string of the molecule is CCC/C=C\C/C=C\CCCCCCCC(=O)OCC(COC1OC(C(=O)O)C(O)C(O)C1OC(=O)CCCCCCCCCCCCCCCCCCC)OC(=O)CCCCCCCCCCCCCCC. The third-order valence-corrected chi connectivity index (χ3v) is 14.0. The van der Waals surface area contributed by atoms with E-state index in [1.807, 2.05) is 0 Å². The van der Waals surface area contributed by atoms with E-state index in [-0.39, 0.29) is 25.9 Å². The van der Waals surface area contributed by atoms with Crippen molar-refractivity contribution in [1.29, 1.82) is 0 Å². The van der Waals surface area contributed by atoms with Gasteiger partial charge in [-0.15, -0.1) is 0 Å². The Balaban J connectivity index is 2.66. The molecule has 1 rings (SSSR count). The summed E-state index contributed by atoms with van der Waals surface area (Å²) in [4.78, 5) is 51.1. The van der Waals surface area contributed by atoms with Crippen LogP contribution in [0.4, 0.5) is 0 Å². The predicted molar refractivity (Wildman–Crippen MR) is 294 cm³/mol. The summed E-state index contributed by atoms with van der Waals surface area (Å²) in [6.45, 7) is 5.95. The second-order valence-corrected chi connectivity index (χ2v) is 21.0. The first-order valence-corrected chi connectivity index (χ1v) is 30.3. The lowest BCUT2D eigenvalue weighted by Gasteiger charge is -2.40. The number of aliphatic carboxylic acids is 1. The molecular formula is C61H110O12. The molecule has 0 aromatic carbocycles. The topological polar surface area (TPSA) is 175 Å². The van der Waals surface area contributed by atoms with Crippen molar-refractivity contribution in [2.24, 2.45) is 0 Å². The van der Waals surface area contributed by atoms with Crippen molar-refractivity contribution in [3.63, 3.8) is 0 Å². The zero-order chi connectivity index (χ0) is 53.3. The lowest BCUT2D eigenvalue weighted by Crippen LogP contribution is -2.61. The number of carboxylic acid groups (broad SMARTS) is 1. The monoisotopic (exact) mass is 1030 g/mol. The van der Waals surface area contributed by atoms with Crippen molar-refractivity contribution in [1.82, 2.24) is 0 Å². The van der Waals surface area contributed by atoms with E-state index in [9.17, 15) is 34.5 Å². The Bertz CT molecular complexity index is 1370. The number of carboxylic acids is 1. The molecule has 0 aromatic heterocycles. The zero-order valence-corrected chi connectivity index (χ0v) is 46.9. The summed E-state index contributed by atoms with van der Waals surface area (Å²) in [5.74, 6) is -3.10. The Labute approximate surface area is 445 Å². The molecule has 73 heavy (non-hydrogen) atoms. The van der Waals surface area contributed by atoms with Crippen LogP contribution in [0.3, 0.4) is 0 Å². The van der Waals surface area contributed by atoms with E-state index in [1.165, 1.54) is 141 Å². The van der Waals surface area contributed by atoms with Crippen LogP contribution in [0.1, 0.15) is 290 Å². The van der Waals surface area contributed by atoms with Gasteiger partial charge in [-0.2, -0.15) is 0 Å². The van der Waals surface area contributed by atoms with E-state index in [0.717, 1.165) is 89.9 Å². The van der Waals surface area contributed by atoms with Crippen LogP contribution in [-0.4, -0.2) is 89.2 Å². The van der Waals surface area contributed by atoms with Gasteiger partial charge in [0, 0.05) is 19.3 Å². The second kappa shape index (κ2) is 50.0. The molecule has 3 N–H and O–H groups in total. The van der Waals surface area contributed by atoms with E-state index < -0.39 is 67.3 Å². The standard InChI is InChI=1S/C61H110O12/c1-4-7-10-13-16-19-22-25-26-27-28-31-34-37-40-43-46-49-55(64)72-59-57(66)56(65)58(60(67)68)73-61(59)70-51-52(71-54(63)48-45-42-39-36-33-30-24-21-18-15-12-9-6-3)50-69-53(62)47-44-41-38-35-32-29-23-20-17-14-11-8-5-2/h11,14,20,23,52,56-59,61,65-66H,4-10,12-13,15-19,21-22,24-51H2,1-3H3,(H,67,68)/b14-11-,23-20-. The first-order chi connectivity index (χ1) is 35.6. The van der Waals surface area contributed by atoms with Crippen molar-refractivity contribution in [2.75, 3.05) is 13.2 Å². The van der Waals surface area contributed by atoms with Crippen molar-refractivity contribution in [3.05, 3.63) is 24.3 Å². The van der Waals surface area contributed by atoms with Gasteiger partial charge in [0.15, 0.2) is 24.6 Å². The normalized spacial score (nSPS) is 18.4. The highest BCUT2D eigenvalue weighted by Crippen LogP contribution is 2.27. The number of ether oxygens (including phenoxy) is 5. The fourth-order valence-electron chi connectivity index (χ4n) is 9.35. The molecule has 0 aliphatic carbocycles. The lowest BCUT2D eigenvalue weighted by molar-refractivity contribution is -0.301. The molecule has 6 atom stereocenters. The number of aliphatic hydroxyl groups is 2. The summed E-state index contributed by atoms with van der Waals surface area (Å²) >= 11 is 0. The van der Waals surface area contributed by atoms with Gasteiger partial charge in [0.2, 0.25) is 0 Å². The van der Waals surface area contributed by atoms with Crippen LogP contribution < -0.4 is 0 Å². The van der Waals surface area contributed by atoms with Gasteiger partial charge < -0.3 is 39.0 Å². The van der Waals surface area contributed by atoms with Gasteiger partial charge in [0.05, 0.1) is 6.61 Å². The molecule has 12 nitrogen and oxygen atoms in total. The number of esters is 3. The summed E-state index contributed by atoms with van der Waals surface area (Å²) in [6, 6.07) is 0. The molecule has 1 fully saturated rings. The summed E-state index contributed by atoms with van der Waals surface area (Å²) < 4.78 is 28.4. The number of allylic oxidation sites excluding steroid dienone is 4. The molecule has 6 unspecified atom stereocenters. The maximum Gasteiger partial charge on any atom is 0.335 e. The van der Waals surface area contributed by atoms with E-state index in [1.54, 1.807) is 0 Å². The average molecular weight is 1040 g/mol. The minimum atomic E-state index is -1.90. The number of aliphatic hydroxyl groups excluding tert-OH is 2. The molecule has 0 amide bonds. The highest BCUT2D eigenvalue weighted by atomic mass is 16.7. The third kappa shape index (κ3) is 40.2. The van der Waals surface area contributed by atoms with Gasteiger partial charge in [0.25, 0.3) is 0 Å². The van der Waals surface area contributed by atoms with E-state index in [0.29, 0.717) is 19.3 Å². The summed E-state index contributed by atoms with van der Waals surface area (Å²) in [6.07, 6.45) is 44.3. The van der Waals surface area contributed by atoms with Gasteiger partial charge in [-0.25, -0.2) is 4.79 Å². The second-order valence-electron chi connectivity index (χ2n) is 21.0. The number of hydrogen-bond donors (Lipinski definition) is 3. The van der Waals surface area contributed by atoms with Gasteiger partial charge >= 0.3 is 23.9 Å². The highest BCUT2D eigenvalue weighted by molar-refractivity contribution is 5.74. The van der Waals surface area contributed by atoms with E-state index >= 15 is 0 Å². The molecule has 0 spiro atoms. The van der Waals surface area contributed by atoms with Crippen LogP contribution in [0, 0.1) is 0 Å². The Kier molecular flexibility index (Phi) is 46.8. The molecule has 1 heterocycles. The minimum absolute atomic E-state index is 0.0665. The van der Waals surface area contributed by atoms with Crippen molar-refractivity contribution >= 4 is 23.9 Å². The van der Waals surface area contributed by atoms with Crippen LogP contribution in [-0.2, 0) is 42.9 Å². The van der Waals surface area contributed by atoms with Crippen LogP contribution in [0.5, 0.6) is 0 Å². The largest absolute Gasteiger partial charge is 0.479 e. The van der Waals surface area contributed by atoms with Crippen LogP contribution >= 0.6 is 0 Å². The third-order valence-electron chi connectivity index (χ3n) is 14.0. The molecule has 1 aliphatic rings. The Hall–Kier alpha value is -2.80. The first kappa shape index (κ1) is 68.2. The number of rotatable bonds is 52. The Morgan fingerprint density at radius 3 is 1.29 bits per heavy atom. The number of hydrogen-bond acceptors (Lipinski definition) is 11. The average Bonchev–Trinajstić information content (AvgIpc) is 3.37. The molecular weight excluding hydrogens is 925 g/mol. The molecule has 426 valence electrons. The van der Waals surface area contributed by atoms with Crippen molar-refractivity contribution in [3.8, 4) is 0 Å². The van der Waals surface area contributed by atoms with Gasteiger partial charge in [0.1, 0.15) is 18.8 Å². The predicted octanol–water partition coefficient (Wildman–Crippen LogP) is 15.5. The van der Waals surface area contributed by atoms with Crippen molar-refractivity contribution < 1.29 is 58.2 Å².